The summed E-state index contributed by atoms with van der Waals surface area (Å²) in [6.45, 7) is 4.28. The molecule has 1 heterocycles. The Labute approximate surface area is 195 Å². The lowest BCUT2D eigenvalue weighted by Crippen LogP contribution is -2.19. The number of amides is 1. The van der Waals surface area contributed by atoms with Crippen LogP contribution in [0.3, 0.4) is 0 Å². The molecule has 34 heavy (non-hydrogen) atoms. The number of nitrogens with zero attached hydrogens (tertiary/aromatic N) is 4. The van der Waals surface area contributed by atoms with E-state index in [1.807, 2.05) is 13.8 Å². The van der Waals surface area contributed by atoms with Crippen LogP contribution in [0.1, 0.15) is 19.4 Å². The van der Waals surface area contributed by atoms with E-state index in [0.717, 1.165) is 23.9 Å². The maximum absolute atomic E-state index is 14.3. The number of hydrogen-bond donors (Lipinski definition) is 1. The highest BCUT2D eigenvalue weighted by Gasteiger charge is 2.35. The molecule has 0 saturated carbocycles. The van der Waals surface area contributed by atoms with Gasteiger partial charge in [-0.25, -0.2) is 4.39 Å². The van der Waals surface area contributed by atoms with Crippen molar-refractivity contribution in [1.29, 1.82) is 0 Å². The molecule has 0 radical (unpaired) electrons. The minimum Gasteiger partial charge on any atom is -0.325 e. The van der Waals surface area contributed by atoms with E-state index in [1.165, 1.54) is 12.1 Å². The summed E-state index contributed by atoms with van der Waals surface area (Å²) in [6.07, 6.45) is -4.91. The minimum absolute atomic E-state index is 0.129. The number of carbonyl (C=O) groups is 1. The number of nitro groups is 1. The minimum atomic E-state index is -4.91. The summed E-state index contributed by atoms with van der Waals surface area (Å²) in [5.41, 5.74) is -2.45. The molecule has 0 saturated heterocycles. The van der Waals surface area contributed by atoms with Gasteiger partial charge in [0.05, 0.1) is 27.5 Å². The van der Waals surface area contributed by atoms with Crippen molar-refractivity contribution in [1.82, 2.24) is 14.8 Å². The zero-order valence-electron chi connectivity index (χ0n) is 18.0. The Hall–Kier alpha value is -3.48. The molecule has 2 aromatic carbocycles. The number of nitrogens with one attached hydrogen (secondary N) is 1. The number of rotatable bonds is 8. The SMILES string of the molecule is CC(C)Cn1c(SCC(=O)Nc2ccc([N+](=O)[O-])cc2C(F)(F)F)nnc1-c1ccccc1F. The van der Waals surface area contributed by atoms with Crippen LogP contribution in [0, 0.1) is 21.8 Å². The molecule has 0 unspecified atom stereocenters. The lowest BCUT2D eigenvalue weighted by Gasteiger charge is -2.14. The summed E-state index contributed by atoms with van der Waals surface area (Å²) in [5.74, 6) is -1.20. The topological polar surface area (TPSA) is 103 Å². The molecule has 13 heteroatoms. The fourth-order valence-electron chi connectivity index (χ4n) is 3.07. The monoisotopic (exact) mass is 497 g/mol. The Morgan fingerprint density at radius 1 is 1.21 bits per heavy atom. The first kappa shape index (κ1) is 25.1. The van der Waals surface area contributed by atoms with Gasteiger partial charge in [0.25, 0.3) is 5.69 Å². The first-order valence-electron chi connectivity index (χ1n) is 9.93. The molecule has 180 valence electrons. The second kappa shape index (κ2) is 10.2. The molecule has 1 N–H and O–H groups in total. The zero-order valence-corrected chi connectivity index (χ0v) is 18.8. The molecule has 0 fully saturated rings. The Morgan fingerprint density at radius 2 is 1.91 bits per heavy atom. The Bertz CT molecular complexity index is 1210. The first-order valence-corrected chi connectivity index (χ1v) is 10.9. The average molecular weight is 497 g/mol. The number of carbonyl (C=O) groups excluding carboxylic acids is 1. The van der Waals surface area contributed by atoms with Crippen molar-refractivity contribution in [3.05, 3.63) is 64.0 Å². The van der Waals surface area contributed by atoms with Crippen LogP contribution in [-0.4, -0.2) is 31.3 Å². The maximum Gasteiger partial charge on any atom is 0.418 e. The molecule has 0 aliphatic rings. The van der Waals surface area contributed by atoms with Crippen molar-refractivity contribution in [2.75, 3.05) is 11.1 Å². The molecule has 1 aromatic heterocycles. The van der Waals surface area contributed by atoms with Crippen LogP contribution in [0.4, 0.5) is 28.9 Å². The van der Waals surface area contributed by atoms with Gasteiger partial charge in [-0.3, -0.25) is 14.9 Å². The van der Waals surface area contributed by atoms with Crippen molar-refractivity contribution in [2.24, 2.45) is 5.92 Å². The van der Waals surface area contributed by atoms with E-state index in [2.05, 4.69) is 15.5 Å². The summed E-state index contributed by atoms with van der Waals surface area (Å²) in [7, 11) is 0. The summed E-state index contributed by atoms with van der Waals surface area (Å²) in [4.78, 5) is 22.3. The molecule has 0 bridgehead atoms. The smallest absolute Gasteiger partial charge is 0.325 e. The molecule has 0 atom stereocenters. The summed E-state index contributed by atoms with van der Waals surface area (Å²) in [5, 5.41) is 21.3. The second-order valence-corrected chi connectivity index (χ2v) is 8.55. The van der Waals surface area contributed by atoms with Crippen LogP contribution < -0.4 is 5.32 Å². The number of aromatic nitrogens is 3. The van der Waals surface area contributed by atoms with Gasteiger partial charge in [0.1, 0.15) is 5.82 Å². The quantitative estimate of drug-likeness (QED) is 0.194. The van der Waals surface area contributed by atoms with Crippen molar-refractivity contribution in [2.45, 2.75) is 31.7 Å². The predicted molar refractivity (Wildman–Crippen MR) is 118 cm³/mol. The second-order valence-electron chi connectivity index (χ2n) is 7.61. The van der Waals surface area contributed by atoms with Gasteiger partial charge < -0.3 is 9.88 Å². The van der Waals surface area contributed by atoms with Gasteiger partial charge in [-0.2, -0.15) is 13.2 Å². The van der Waals surface area contributed by atoms with Crippen LogP contribution >= 0.6 is 11.8 Å². The molecular formula is C21H19F4N5O3S. The van der Waals surface area contributed by atoms with Crippen LogP contribution in [-0.2, 0) is 17.5 Å². The number of alkyl halides is 3. The van der Waals surface area contributed by atoms with Crippen molar-refractivity contribution >= 4 is 29.0 Å². The molecule has 0 spiro atoms. The number of non-ortho nitro benzene ring substituents is 1. The highest BCUT2D eigenvalue weighted by Crippen LogP contribution is 2.37. The van der Waals surface area contributed by atoms with E-state index in [1.54, 1.807) is 16.7 Å². The van der Waals surface area contributed by atoms with Gasteiger partial charge in [0, 0.05) is 18.7 Å². The van der Waals surface area contributed by atoms with Gasteiger partial charge in [-0.15, -0.1) is 10.2 Å². The van der Waals surface area contributed by atoms with Gasteiger partial charge in [-0.1, -0.05) is 37.7 Å². The Kier molecular flexibility index (Phi) is 7.54. The molecular weight excluding hydrogens is 478 g/mol. The molecule has 1 amide bonds. The first-order chi connectivity index (χ1) is 16.0. The van der Waals surface area contributed by atoms with E-state index in [4.69, 9.17) is 0 Å². The summed E-state index contributed by atoms with van der Waals surface area (Å²) in [6, 6.07) is 8.09. The van der Waals surface area contributed by atoms with E-state index in [9.17, 15) is 32.5 Å². The molecule has 0 aliphatic carbocycles. The number of hydrogen-bond acceptors (Lipinski definition) is 6. The standard InChI is InChI=1S/C21H19F4N5O3S/c1-12(2)10-29-19(14-5-3-4-6-16(14)22)27-28-20(29)34-11-18(31)26-17-8-7-13(30(32)33)9-15(17)21(23,24)25/h3-9,12H,10-11H2,1-2H3,(H,26,31). The van der Waals surface area contributed by atoms with Crippen molar-refractivity contribution in [3.63, 3.8) is 0 Å². The summed E-state index contributed by atoms with van der Waals surface area (Å²) >= 11 is 0.925. The highest BCUT2D eigenvalue weighted by molar-refractivity contribution is 7.99. The number of nitro benzene ring substituents is 1. The fourth-order valence-corrected chi connectivity index (χ4v) is 3.82. The Morgan fingerprint density at radius 3 is 2.53 bits per heavy atom. The summed E-state index contributed by atoms with van der Waals surface area (Å²) < 4.78 is 55.9. The van der Waals surface area contributed by atoms with Crippen molar-refractivity contribution in [3.8, 4) is 11.4 Å². The van der Waals surface area contributed by atoms with E-state index in [0.29, 0.717) is 17.8 Å². The van der Waals surface area contributed by atoms with Crippen LogP contribution in [0.2, 0.25) is 0 Å². The Balaban J connectivity index is 1.81. The van der Waals surface area contributed by atoms with Gasteiger partial charge in [-0.05, 0) is 24.1 Å². The number of benzene rings is 2. The van der Waals surface area contributed by atoms with E-state index in [-0.39, 0.29) is 23.1 Å². The largest absolute Gasteiger partial charge is 0.418 e. The zero-order chi connectivity index (χ0) is 25.0. The third kappa shape index (κ3) is 5.90. The lowest BCUT2D eigenvalue weighted by molar-refractivity contribution is -0.385. The molecule has 0 aliphatic heterocycles. The average Bonchev–Trinajstić information content (AvgIpc) is 3.13. The molecule has 3 aromatic rings. The van der Waals surface area contributed by atoms with Gasteiger partial charge in [0.15, 0.2) is 11.0 Å². The predicted octanol–water partition coefficient (Wildman–Crippen LogP) is 5.40. The van der Waals surface area contributed by atoms with Crippen LogP contribution in [0.25, 0.3) is 11.4 Å². The lowest BCUT2D eigenvalue weighted by atomic mass is 10.1. The van der Waals surface area contributed by atoms with E-state index >= 15 is 0 Å². The highest BCUT2D eigenvalue weighted by atomic mass is 32.2. The van der Waals surface area contributed by atoms with E-state index < -0.39 is 39.8 Å². The van der Waals surface area contributed by atoms with Gasteiger partial charge in [0.2, 0.25) is 5.91 Å². The molecule has 8 nitrogen and oxygen atoms in total. The van der Waals surface area contributed by atoms with Gasteiger partial charge >= 0.3 is 6.18 Å². The number of anilines is 1. The normalized spacial score (nSPS) is 11.6. The third-order valence-corrected chi connectivity index (χ3v) is 5.47. The van der Waals surface area contributed by atoms with Crippen LogP contribution in [0.15, 0.2) is 47.6 Å². The molecule has 3 rings (SSSR count). The fraction of sp³-hybridized carbons (Fsp3) is 0.286. The van der Waals surface area contributed by atoms with Crippen molar-refractivity contribution < 1.29 is 27.3 Å². The third-order valence-electron chi connectivity index (χ3n) is 4.51. The maximum atomic E-state index is 14.3. The number of thioether (sulfide) groups is 1. The van der Waals surface area contributed by atoms with Crippen LogP contribution in [0.5, 0.6) is 0 Å². The number of halogens is 4.